The van der Waals surface area contributed by atoms with E-state index in [9.17, 15) is 13.2 Å². The second kappa shape index (κ2) is 8.96. The lowest BCUT2D eigenvalue weighted by Crippen LogP contribution is -2.44. The van der Waals surface area contributed by atoms with Crippen LogP contribution in [0.4, 0.5) is 5.69 Å². The zero-order valence-electron chi connectivity index (χ0n) is 15.9. The van der Waals surface area contributed by atoms with Gasteiger partial charge in [-0.15, -0.1) is 0 Å². The Morgan fingerprint density at radius 3 is 2.33 bits per heavy atom. The van der Waals surface area contributed by atoms with Gasteiger partial charge in [0.05, 0.1) is 23.9 Å². The van der Waals surface area contributed by atoms with E-state index in [1.54, 1.807) is 24.3 Å². The maximum Gasteiger partial charge on any atom is 0.242 e. The quantitative estimate of drug-likeness (QED) is 0.721. The van der Waals surface area contributed by atoms with Gasteiger partial charge in [-0.2, -0.15) is 4.72 Å². The molecule has 2 N–H and O–H groups in total. The number of hydrogen-bond donors (Lipinski definition) is 2. The number of rotatable bonds is 8. The minimum absolute atomic E-state index is 0.121. The monoisotopic (exact) mass is 391 g/mol. The molecule has 2 rings (SSSR count). The van der Waals surface area contributed by atoms with Crippen LogP contribution in [0.1, 0.15) is 25.8 Å². The number of nitrogens with one attached hydrogen (secondary N) is 2. The van der Waals surface area contributed by atoms with Crippen LogP contribution in [0.5, 0.6) is 5.88 Å². The van der Waals surface area contributed by atoms with Crippen LogP contribution in [-0.4, -0.2) is 32.5 Å². The van der Waals surface area contributed by atoms with Gasteiger partial charge in [0.2, 0.25) is 21.8 Å². The first-order valence-corrected chi connectivity index (χ1v) is 10.1. The summed E-state index contributed by atoms with van der Waals surface area (Å²) in [5, 5.41) is 2.70. The molecule has 8 heteroatoms. The fourth-order valence-corrected chi connectivity index (χ4v) is 3.67. The Bertz CT molecular complexity index is 863. The van der Waals surface area contributed by atoms with Crippen LogP contribution in [0.2, 0.25) is 0 Å². The highest BCUT2D eigenvalue weighted by Crippen LogP contribution is 2.16. The molecule has 146 valence electrons. The first kappa shape index (κ1) is 20.9. The lowest BCUT2D eigenvalue weighted by Gasteiger charge is -2.20. The molecule has 0 aliphatic carbocycles. The highest BCUT2D eigenvalue weighted by Gasteiger charge is 2.26. The predicted octanol–water partition coefficient (Wildman–Crippen LogP) is 2.73. The van der Waals surface area contributed by atoms with E-state index in [1.165, 1.54) is 25.4 Å². The molecule has 0 saturated heterocycles. The summed E-state index contributed by atoms with van der Waals surface area (Å²) in [6, 6.07) is 8.84. The number of aryl methyl sites for hydroxylation is 1. The van der Waals surface area contributed by atoms with E-state index in [0.29, 0.717) is 18.0 Å². The first-order chi connectivity index (χ1) is 12.7. The van der Waals surface area contributed by atoms with Crippen LogP contribution in [0, 0.1) is 12.8 Å². The van der Waals surface area contributed by atoms with E-state index < -0.39 is 22.0 Å². The summed E-state index contributed by atoms with van der Waals surface area (Å²) in [6.07, 6.45) is 1.82. The van der Waals surface area contributed by atoms with Crippen molar-refractivity contribution in [2.24, 2.45) is 5.92 Å². The molecule has 0 saturated carbocycles. The van der Waals surface area contributed by atoms with Gasteiger partial charge in [-0.3, -0.25) is 4.79 Å². The molecule has 0 radical (unpaired) electrons. The molecule has 1 aromatic carbocycles. The predicted molar refractivity (Wildman–Crippen MR) is 104 cm³/mol. The highest BCUT2D eigenvalue weighted by molar-refractivity contribution is 7.89. The molecular weight excluding hydrogens is 366 g/mol. The zero-order valence-corrected chi connectivity index (χ0v) is 16.7. The molecule has 27 heavy (non-hydrogen) atoms. The van der Waals surface area contributed by atoms with Crippen LogP contribution < -0.4 is 14.8 Å². The SMILES string of the molecule is COc1ccc(NC(=O)[C@@H](CC(C)C)NS(=O)(=O)c2ccc(C)cc2)cn1. The van der Waals surface area contributed by atoms with Gasteiger partial charge in [0, 0.05) is 6.07 Å². The molecule has 1 amide bonds. The maximum absolute atomic E-state index is 12.7. The van der Waals surface area contributed by atoms with Crippen LogP contribution >= 0.6 is 0 Å². The Labute approximate surface area is 160 Å². The number of pyridine rings is 1. The first-order valence-electron chi connectivity index (χ1n) is 8.61. The van der Waals surface area contributed by atoms with Crippen molar-refractivity contribution in [3.63, 3.8) is 0 Å². The van der Waals surface area contributed by atoms with Crippen LogP contribution in [0.25, 0.3) is 0 Å². The van der Waals surface area contributed by atoms with Crippen molar-refractivity contribution in [2.75, 3.05) is 12.4 Å². The van der Waals surface area contributed by atoms with Gasteiger partial charge in [-0.25, -0.2) is 13.4 Å². The van der Waals surface area contributed by atoms with Gasteiger partial charge in [0.15, 0.2) is 0 Å². The fourth-order valence-electron chi connectivity index (χ4n) is 2.46. The average molecular weight is 391 g/mol. The smallest absolute Gasteiger partial charge is 0.242 e. The Hall–Kier alpha value is -2.45. The summed E-state index contributed by atoms with van der Waals surface area (Å²) in [5.74, 6) is 0.105. The topological polar surface area (TPSA) is 97.4 Å². The number of carbonyl (C=O) groups excluding carboxylic acids is 1. The van der Waals surface area contributed by atoms with Crippen molar-refractivity contribution in [3.05, 3.63) is 48.2 Å². The Morgan fingerprint density at radius 2 is 1.81 bits per heavy atom. The Balaban J connectivity index is 2.17. The average Bonchev–Trinajstić information content (AvgIpc) is 2.61. The van der Waals surface area contributed by atoms with E-state index >= 15 is 0 Å². The molecular formula is C19H25N3O4S. The summed E-state index contributed by atoms with van der Waals surface area (Å²) in [6.45, 7) is 5.73. The third-order valence-corrected chi connectivity index (χ3v) is 5.35. The normalized spacial score (nSPS) is 12.6. The van der Waals surface area contributed by atoms with Crippen molar-refractivity contribution >= 4 is 21.6 Å². The van der Waals surface area contributed by atoms with Gasteiger partial charge in [0.25, 0.3) is 0 Å². The molecule has 1 aromatic heterocycles. The Morgan fingerprint density at radius 1 is 1.15 bits per heavy atom. The number of ether oxygens (including phenoxy) is 1. The minimum Gasteiger partial charge on any atom is -0.481 e. The van der Waals surface area contributed by atoms with Crippen LogP contribution in [0.3, 0.4) is 0 Å². The van der Waals surface area contributed by atoms with Gasteiger partial charge < -0.3 is 10.1 Å². The number of nitrogens with zero attached hydrogens (tertiary/aromatic N) is 1. The molecule has 1 heterocycles. The van der Waals surface area contributed by atoms with E-state index in [1.807, 2.05) is 20.8 Å². The number of hydrogen-bond acceptors (Lipinski definition) is 5. The lowest BCUT2D eigenvalue weighted by atomic mass is 10.0. The van der Waals surface area contributed by atoms with E-state index in [0.717, 1.165) is 5.56 Å². The standard InChI is InChI=1S/C19H25N3O4S/c1-13(2)11-17(19(23)21-15-7-10-18(26-4)20-12-15)22-27(24,25)16-8-5-14(3)6-9-16/h5-10,12-13,17,22H,11H2,1-4H3,(H,21,23)/t17-/m1/s1. The summed E-state index contributed by atoms with van der Waals surface area (Å²) in [7, 11) is -2.32. The number of methoxy groups -OCH3 is 1. The number of sulfonamides is 1. The highest BCUT2D eigenvalue weighted by atomic mass is 32.2. The van der Waals surface area contributed by atoms with Gasteiger partial charge in [0.1, 0.15) is 6.04 Å². The number of amides is 1. The van der Waals surface area contributed by atoms with Crippen molar-refractivity contribution < 1.29 is 17.9 Å². The lowest BCUT2D eigenvalue weighted by molar-refractivity contribution is -0.118. The molecule has 0 bridgehead atoms. The second-order valence-corrected chi connectivity index (χ2v) is 8.41. The van der Waals surface area contributed by atoms with Crippen LogP contribution in [-0.2, 0) is 14.8 Å². The second-order valence-electron chi connectivity index (χ2n) is 6.69. The molecule has 0 aliphatic rings. The number of aromatic nitrogens is 1. The number of anilines is 1. The summed E-state index contributed by atoms with van der Waals surface area (Å²) in [4.78, 5) is 16.8. The van der Waals surface area contributed by atoms with Crippen molar-refractivity contribution in [1.29, 1.82) is 0 Å². The third-order valence-electron chi connectivity index (χ3n) is 3.87. The molecule has 0 fully saturated rings. The minimum atomic E-state index is -3.82. The summed E-state index contributed by atoms with van der Waals surface area (Å²) < 4.78 is 32.8. The maximum atomic E-state index is 12.7. The zero-order chi connectivity index (χ0) is 20.0. The van der Waals surface area contributed by atoms with Crippen molar-refractivity contribution in [2.45, 2.75) is 38.1 Å². The fraction of sp³-hybridized carbons (Fsp3) is 0.368. The third kappa shape index (κ3) is 6.04. The van der Waals surface area contributed by atoms with Crippen molar-refractivity contribution in [3.8, 4) is 5.88 Å². The molecule has 2 aromatic rings. The molecule has 0 spiro atoms. The number of benzene rings is 1. The largest absolute Gasteiger partial charge is 0.481 e. The van der Waals surface area contributed by atoms with E-state index in [2.05, 4.69) is 15.0 Å². The summed E-state index contributed by atoms with van der Waals surface area (Å²) >= 11 is 0. The van der Waals surface area contributed by atoms with E-state index in [4.69, 9.17) is 4.74 Å². The molecule has 1 atom stereocenters. The van der Waals surface area contributed by atoms with Crippen molar-refractivity contribution in [1.82, 2.24) is 9.71 Å². The van der Waals surface area contributed by atoms with E-state index in [-0.39, 0.29) is 10.8 Å². The van der Waals surface area contributed by atoms with Gasteiger partial charge >= 0.3 is 0 Å². The number of carbonyl (C=O) groups is 1. The Kier molecular flexibility index (Phi) is 6.92. The molecule has 7 nitrogen and oxygen atoms in total. The van der Waals surface area contributed by atoms with Gasteiger partial charge in [-0.05, 0) is 37.5 Å². The molecule has 0 unspecified atom stereocenters. The summed E-state index contributed by atoms with van der Waals surface area (Å²) in [5.41, 5.74) is 1.42. The van der Waals surface area contributed by atoms with Gasteiger partial charge in [-0.1, -0.05) is 31.5 Å². The molecule has 0 aliphatic heterocycles. The van der Waals surface area contributed by atoms with Crippen LogP contribution in [0.15, 0.2) is 47.5 Å².